The molecule has 1 fully saturated rings. The van der Waals surface area contributed by atoms with Crippen LogP contribution in [0.15, 0.2) is 5.51 Å². The molecule has 0 radical (unpaired) electrons. The Morgan fingerprint density at radius 2 is 2.37 bits per heavy atom. The highest BCUT2D eigenvalue weighted by atomic mass is 32.1. The highest BCUT2D eigenvalue weighted by Gasteiger charge is 2.34. The Kier molecular flexibility index (Phi) is 4.98. The molecule has 0 amide bonds. The van der Waals surface area contributed by atoms with Crippen LogP contribution in [-0.4, -0.2) is 30.0 Å². The maximum absolute atomic E-state index is 6.12. The summed E-state index contributed by atoms with van der Waals surface area (Å²) < 4.78 is 0. The van der Waals surface area contributed by atoms with Crippen LogP contribution in [0.1, 0.15) is 43.2 Å². The van der Waals surface area contributed by atoms with Crippen LogP contribution in [-0.2, 0) is 6.54 Å². The highest BCUT2D eigenvalue weighted by Crippen LogP contribution is 2.39. The molecule has 2 atom stereocenters. The molecule has 3 nitrogen and oxygen atoms in total. The van der Waals surface area contributed by atoms with E-state index >= 15 is 0 Å². The first-order chi connectivity index (χ1) is 9.04. The van der Waals surface area contributed by atoms with Crippen LogP contribution in [0.3, 0.4) is 0 Å². The molecule has 0 saturated heterocycles. The molecule has 1 aliphatic carbocycles. The quantitative estimate of drug-likeness (QED) is 0.902. The van der Waals surface area contributed by atoms with Gasteiger partial charge >= 0.3 is 0 Å². The first-order valence-electron chi connectivity index (χ1n) is 7.32. The number of aromatic nitrogens is 1. The lowest BCUT2D eigenvalue weighted by molar-refractivity contribution is 0.0984. The van der Waals surface area contributed by atoms with Crippen LogP contribution in [0.4, 0.5) is 0 Å². The van der Waals surface area contributed by atoms with Crippen LogP contribution < -0.4 is 5.73 Å². The summed E-state index contributed by atoms with van der Waals surface area (Å²) in [5.41, 5.74) is 9.57. The first kappa shape index (κ1) is 14.9. The predicted molar refractivity (Wildman–Crippen MR) is 82.3 cm³/mol. The van der Waals surface area contributed by atoms with Crippen molar-refractivity contribution in [3.05, 3.63) is 16.1 Å². The molecule has 0 aliphatic heterocycles. The maximum atomic E-state index is 6.12. The minimum absolute atomic E-state index is 0.338. The third-order valence-electron chi connectivity index (χ3n) is 4.48. The Morgan fingerprint density at radius 1 is 1.58 bits per heavy atom. The minimum Gasteiger partial charge on any atom is -0.330 e. The van der Waals surface area contributed by atoms with Crippen molar-refractivity contribution in [3.8, 4) is 0 Å². The number of hydrogen-bond donors (Lipinski definition) is 1. The third-order valence-corrected chi connectivity index (χ3v) is 5.40. The van der Waals surface area contributed by atoms with Crippen LogP contribution in [0, 0.1) is 18.3 Å². The van der Waals surface area contributed by atoms with Gasteiger partial charge in [0.2, 0.25) is 0 Å². The smallest absolute Gasteiger partial charge is 0.0798 e. The largest absolute Gasteiger partial charge is 0.330 e. The molecule has 19 heavy (non-hydrogen) atoms. The van der Waals surface area contributed by atoms with Gasteiger partial charge < -0.3 is 10.6 Å². The van der Waals surface area contributed by atoms with Gasteiger partial charge in [0.1, 0.15) is 0 Å². The second kappa shape index (κ2) is 6.33. The fraction of sp³-hybridized carbons (Fsp3) is 0.800. The van der Waals surface area contributed by atoms with E-state index < -0.39 is 0 Å². The molecular formula is C15H27N3S. The van der Waals surface area contributed by atoms with Crippen molar-refractivity contribution in [3.63, 3.8) is 0 Å². The molecule has 1 aromatic rings. The van der Waals surface area contributed by atoms with Gasteiger partial charge in [-0.2, -0.15) is 0 Å². The molecular weight excluding hydrogens is 254 g/mol. The summed E-state index contributed by atoms with van der Waals surface area (Å²) in [5, 5.41) is 0. The average Bonchev–Trinajstić information content (AvgIpc) is 2.75. The normalized spacial score (nSPS) is 27.9. The van der Waals surface area contributed by atoms with E-state index in [9.17, 15) is 0 Å². The van der Waals surface area contributed by atoms with Crippen LogP contribution in [0.5, 0.6) is 0 Å². The van der Waals surface area contributed by atoms with Gasteiger partial charge in [0.15, 0.2) is 0 Å². The summed E-state index contributed by atoms with van der Waals surface area (Å²) in [6.07, 6.45) is 5.29. The average molecular weight is 281 g/mol. The van der Waals surface area contributed by atoms with Crippen molar-refractivity contribution in [2.45, 2.75) is 46.1 Å². The molecule has 0 spiro atoms. The number of aryl methyl sites for hydroxylation is 1. The highest BCUT2D eigenvalue weighted by molar-refractivity contribution is 7.09. The van der Waals surface area contributed by atoms with Gasteiger partial charge in [-0.25, -0.2) is 4.98 Å². The molecule has 2 unspecified atom stereocenters. The fourth-order valence-electron chi connectivity index (χ4n) is 3.51. The zero-order valence-corrected chi connectivity index (χ0v) is 13.3. The Morgan fingerprint density at radius 3 is 2.95 bits per heavy atom. The van der Waals surface area contributed by atoms with Crippen molar-refractivity contribution >= 4 is 11.3 Å². The first-order valence-corrected chi connectivity index (χ1v) is 8.20. The van der Waals surface area contributed by atoms with Crippen molar-refractivity contribution in [2.24, 2.45) is 17.1 Å². The van der Waals surface area contributed by atoms with Crippen LogP contribution >= 0.6 is 11.3 Å². The van der Waals surface area contributed by atoms with E-state index in [1.807, 2.05) is 5.51 Å². The second-order valence-corrected chi connectivity index (χ2v) is 7.38. The standard InChI is InChI=1S/C15H27N3S/c1-12-5-4-6-15(7-12,9-16)10-18(3)8-14-13(2)17-11-19-14/h11-12H,4-10,16H2,1-3H3. The lowest BCUT2D eigenvalue weighted by Gasteiger charge is -2.41. The van der Waals surface area contributed by atoms with Crippen LogP contribution in [0.2, 0.25) is 0 Å². The van der Waals surface area contributed by atoms with Gasteiger partial charge in [0, 0.05) is 18.0 Å². The van der Waals surface area contributed by atoms with E-state index in [2.05, 4.69) is 30.8 Å². The van der Waals surface area contributed by atoms with E-state index in [1.165, 1.54) is 36.3 Å². The molecule has 0 aromatic carbocycles. The molecule has 1 aliphatic rings. The van der Waals surface area contributed by atoms with Gasteiger partial charge in [-0.3, -0.25) is 0 Å². The van der Waals surface area contributed by atoms with Gasteiger partial charge in [0.25, 0.3) is 0 Å². The third kappa shape index (κ3) is 3.77. The lowest BCUT2D eigenvalue weighted by Crippen LogP contribution is -2.44. The summed E-state index contributed by atoms with van der Waals surface area (Å²) >= 11 is 1.76. The number of rotatable bonds is 5. The fourth-order valence-corrected chi connectivity index (χ4v) is 4.37. The Bertz CT molecular complexity index is 404. The van der Waals surface area contributed by atoms with Gasteiger partial charge in [0.05, 0.1) is 11.2 Å². The summed E-state index contributed by atoms with van der Waals surface area (Å²) in [7, 11) is 2.22. The summed E-state index contributed by atoms with van der Waals surface area (Å²) in [6, 6.07) is 0. The minimum atomic E-state index is 0.338. The van der Waals surface area contributed by atoms with Crippen LogP contribution in [0.25, 0.3) is 0 Å². The number of nitrogens with two attached hydrogens (primary N) is 1. The second-order valence-electron chi connectivity index (χ2n) is 6.44. The summed E-state index contributed by atoms with van der Waals surface area (Å²) in [5.74, 6) is 0.829. The molecule has 108 valence electrons. The number of hydrogen-bond acceptors (Lipinski definition) is 4. The Hall–Kier alpha value is -0.450. The topological polar surface area (TPSA) is 42.2 Å². The molecule has 1 heterocycles. The Balaban J connectivity index is 1.96. The zero-order chi connectivity index (χ0) is 13.9. The number of nitrogens with zero attached hydrogens (tertiary/aromatic N) is 2. The zero-order valence-electron chi connectivity index (χ0n) is 12.5. The van der Waals surface area contributed by atoms with Gasteiger partial charge in [-0.05, 0) is 44.7 Å². The SMILES string of the molecule is Cc1ncsc1CN(C)CC1(CN)CCCC(C)C1. The van der Waals surface area contributed by atoms with Gasteiger partial charge in [-0.15, -0.1) is 11.3 Å². The molecule has 2 N–H and O–H groups in total. The van der Waals surface area contributed by atoms with E-state index in [-0.39, 0.29) is 0 Å². The molecule has 4 heteroatoms. The van der Waals surface area contributed by atoms with Gasteiger partial charge in [-0.1, -0.05) is 19.8 Å². The monoisotopic (exact) mass is 281 g/mol. The van der Waals surface area contributed by atoms with Crippen molar-refractivity contribution in [1.29, 1.82) is 0 Å². The van der Waals surface area contributed by atoms with E-state index in [0.29, 0.717) is 5.41 Å². The molecule has 1 aromatic heterocycles. The van der Waals surface area contributed by atoms with Crippen molar-refractivity contribution < 1.29 is 0 Å². The maximum Gasteiger partial charge on any atom is 0.0798 e. The molecule has 1 saturated carbocycles. The van der Waals surface area contributed by atoms with E-state index in [1.54, 1.807) is 11.3 Å². The van der Waals surface area contributed by atoms with E-state index in [0.717, 1.165) is 25.6 Å². The van der Waals surface area contributed by atoms with Crippen molar-refractivity contribution in [1.82, 2.24) is 9.88 Å². The molecule has 0 bridgehead atoms. The summed E-state index contributed by atoms with van der Waals surface area (Å²) in [6.45, 7) is 7.42. The lowest BCUT2D eigenvalue weighted by atomic mass is 9.70. The molecule has 2 rings (SSSR count). The van der Waals surface area contributed by atoms with E-state index in [4.69, 9.17) is 5.73 Å². The predicted octanol–water partition coefficient (Wildman–Crippen LogP) is 3.04. The number of thiazole rings is 1. The van der Waals surface area contributed by atoms with Crippen molar-refractivity contribution in [2.75, 3.05) is 20.1 Å². The summed E-state index contributed by atoms with van der Waals surface area (Å²) in [4.78, 5) is 8.16. The Labute approximate surface area is 121 Å².